The van der Waals surface area contributed by atoms with E-state index in [4.69, 9.17) is 0 Å². The lowest BCUT2D eigenvalue weighted by molar-refractivity contribution is -0.147. The Kier molecular flexibility index (Phi) is 5.74. The number of carbonyl (C=O) groups is 3. The third-order valence-electron chi connectivity index (χ3n) is 7.60. The number of nitrogens with one attached hydrogen (secondary N) is 2. The number of aromatic hydroxyl groups is 1. The molecule has 0 radical (unpaired) electrons. The van der Waals surface area contributed by atoms with Gasteiger partial charge in [0.1, 0.15) is 5.56 Å². The summed E-state index contributed by atoms with van der Waals surface area (Å²) in [4.78, 5) is 71.4. The highest BCUT2D eigenvalue weighted by atomic mass is 16.3. The van der Waals surface area contributed by atoms with Crippen molar-refractivity contribution >= 4 is 35.4 Å². The Bertz CT molecular complexity index is 1470. The number of benzene rings is 1. The third kappa shape index (κ3) is 3.65. The van der Waals surface area contributed by atoms with Gasteiger partial charge in [-0.2, -0.15) is 0 Å². The van der Waals surface area contributed by atoms with Crippen molar-refractivity contribution in [3.8, 4) is 5.88 Å². The average molecular weight is 510 g/mol. The molecule has 2 saturated heterocycles. The van der Waals surface area contributed by atoms with Crippen LogP contribution < -0.4 is 26.8 Å². The first-order valence-corrected chi connectivity index (χ1v) is 11.9. The molecule has 5 rings (SSSR count). The monoisotopic (exact) mass is 509 g/mol. The molecule has 13 heteroatoms. The van der Waals surface area contributed by atoms with Crippen LogP contribution in [0.1, 0.15) is 18.1 Å². The summed E-state index contributed by atoms with van der Waals surface area (Å²) in [5.74, 6) is -1.77. The van der Waals surface area contributed by atoms with Gasteiger partial charge < -0.3 is 10.0 Å². The van der Waals surface area contributed by atoms with Crippen LogP contribution in [0.2, 0.25) is 0 Å². The van der Waals surface area contributed by atoms with Crippen LogP contribution in [0.15, 0.2) is 32.8 Å². The SMILES string of the molecule is CCN1CCN2c3ccc(N=Cc4c(O)n(C)c(=O)n(C)c4=O)cc3CC3(C(=O)NC(=O)NC3=O)[C@@H]2C1. The van der Waals surface area contributed by atoms with E-state index in [1.165, 1.54) is 20.3 Å². The smallest absolute Gasteiger partial charge is 0.333 e. The molecule has 4 heterocycles. The highest BCUT2D eigenvalue weighted by molar-refractivity contribution is 6.20. The molecule has 0 unspecified atom stereocenters. The number of carbonyl (C=O) groups excluding carboxylic acids is 3. The quantitative estimate of drug-likeness (QED) is 0.350. The first-order chi connectivity index (χ1) is 17.6. The van der Waals surface area contributed by atoms with Gasteiger partial charge in [-0.3, -0.25) is 44.0 Å². The minimum atomic E-state index is -1.51. The lowest BCUT2D eigenvalue weighted by Gasteiger charge is -2.54. The van der Waals surface area contributed by atoms with Gasteiger partial charge in [-0.1, -0.05) is 6.92 Å². The molecule has 1 aromatic heterocycles. The third-order valence-corrected chi connectivity index (χ3v) is 7.60. The van der Waals surface area contributed by atoms with Gasteiger partial charge in [-0.25, -0.2) is 9.59 Å². The molecular weight excluding hydrogens is 482 g/mol. The van der Waals surface area contributed by atoms with Gasteiger partial charge in [-0.05, 0) is 36.7 Å². The van der Waals surface area contributed by atoms with E-state index in [1.807, 2.05) is 17.9 Å². The number of imide groups is 2. The van der Waals surface area contributed by atoms with Crippen LogP contribution in [0.4, 0.5) is 16.2 Å². The van der Waals surface area contributed by atoms with Crippen LogP contribution in [-0.2, 0) is 30.1 Å². The van der Waals surface area contributed by atoms with Gasteiger partial charge in [0.2, 0.25) is 17.7 Å². The normalized spacial score (nSPS) is 21.1. The highest BCUT2D eigenvalue weighted by Gasteiger charge is 2.60. The van der Waals surface area contributed by atoms with Crippen molar-refractivity contribution < 1.29 is 19.5 Å². The van der Waals surface area contributed by atoms with E-state index in [1.54, 1.807) is 12.1 Å². The highest BCUT2D eigenvalue weighted by Crippen LogP contribution is 2.45. The molecule has 0 bridgehead atoms. The summed E-state index contributed by atoms with van der Waals surface area (Å²) in [5.41, 5.74) is -1.06. The van der Waals surface area contributed by atoms with Crippen molar-refractivity contribution in [2.45, 2.75) is 19.4 Å². The first-order valence-electron chi connectivity index (χ1n) is 11.9. The standard InChI is InChI=1S/C24H27N7O6/c1-4-30-7-8-31-16-6-5-14(25-11-15-18(32)28(2)23(37)29(3)19(15)33)9-13(16)10-24(17(31)12-30)20(34)26-22(36)27-21(24)35/h5-6,9,11,17,32H,4,7-8,10,12H2,1-3H3,(H2,26,27,34,35,36)/t17-/m0/s1. The molecule has 1 spiro atoms. The molecule has 0 aliphatic carbocycles. The Morgan fingerprint density at radius 3 is 2.46 bits per heavy atom. The van der Waals surface area contributed by atoms with Crippen LogP contribution >= 0.6 is 0 Å². The van der Waals surface area contributed by atoms with E-state index < -0.39 is 46.4 Å². The topological polar surface area (TPSA) is 158 Å². The maximum absolute atomic E-state index is 13.3. The molecule has 3 aliphatic rings. The van der Waals surface area contributed by atoms with Crippen LogP contribution in [0.3, 0.4) is 0 Å². The van der Waals surface area contributed by atoms with Crippen molar-refractivity contribution in [2.24, 2.45) is 24.5 Å². The lowest BCUT2D eigenvalue weighted by atomic mass is 9.68. The second-order valence-corrected chi connectivity index (χ2v) is 9.50. The summed E-state index contributed by atoms with van der Waals surface area (Å²) in [5, 5.41) is 14.9. The van der Waals surface area contributed by atoms with Crippen molar-refractivity contribution in [3.63, 3.8) is 0 Å². The number of aromatic nitrogens is 2. The summed E-state index contributed by atoms with van der Waals surface area (Å²) >= 11 is 0. The number of rotatable bonds is 3. The number of amides is 4. The number of barbiturate groups is 1. The van der Waals surface area contributed by atoms with Crippen molar-refractivity contribution in [2.75, 3.05) is 31.1 Å². The number of piperazine rings is 1. The summed E-state index contributed by atoms with van der Waals surface area (Å²) in [6.07, 6.45) is 1.24. The zero-order chi connectivity index (χ0) is 26.6. The second kappa shape index (κ2) is 8.69. The largest absolute Gasteiger partial charge is 0.494 e. The summed E-state index contributed by atoms with van der Waals surface area (Å²) < 4.78 is 1.81. The van der Waals surface area contributed by atoms with Gasteiger partial charge >= 0.3 is 11.7 Å². The first kappa shape index (κ1) is 24.4. The maximum atomic E-state index is 13.3. The maximum Gasteiger partial charge on any atom is 0.333 e. The van der Waals surface area contributed by atoms with Crippen LogP contribution in [0.5, 0.6) is 5.88 Å². The molecular formula is C24H27N7O6. The lowest BCUT2D eigenvalue weighted by Crippen LogP contribution is -2.74. The number of aliphatic imine (C=N–C) groups is 1. The zero-order valence-electron chi connectivity index (χ0n) is 20.6. The molecule has 2 aromatic rings. The molecule has 1 atom stereocenters. The fraction of sp³-hybridized carbons (Fsp3) is 0.417. The Balaban J connectivity index is 1.58. The van der Waals surface area contributed by atoms with Crippen LogP contribution in [0.25, 0.3) is 0 Å². The number of urea groups is 1. The number of fused-ring (bicyclic) bond motifs is 4. The van der Waals surface area contributed by atoms with Crippen molar-refractivity contribution in [1.29, 1.82) is 0 Å². The molecule has 2 fully saturated rings. The number of likely N-dealkylation sites (N-methyl/N-ethyl adjacent to an activating group) is 1. The van der Waals surface area contributed by atoms with Gasteiger partial charge in [0, 0.05) is 45.6 Å². The summed E-state index contributed by atoms with van der Waals surface area (Å²) in [6.45, 7) is 4.61. The molecule has 37 heavy (non-hydrogen) atoms. The van der Waals surface area contributed by atoms with Gasteiger partial charge in [-0.15, -0.1) is 0 Å². The van der Waals surface area contributed by atoms with Crippen molar-refractivity contribution in [3.05, 3.63) is 50.2 Å². The molecule has 13 nitrogen and oxygen atoms in total. The average Bonchev–Trinajstić information content (AvgIpc) is 2.88. The summed E-state index contributed by atoms with van der Waals surface area (Å²) in [7, 11) is 2.64. The summed E-state index contributed by atoms with van der Waals surface area (Å²) in [6, 6.07) is 4.01. The number of nitrogens with zero attached hydrogens (tertiary/aromatic N) is 5. The minimum Gasteiger partial charge on any atom is -0.494 e. The molecule has 1 aromatic carbocycles. The molecule has 0 saturated carbocycles. The van der Waals surface area contributed by atoms with Crippen LogP contribution in [-0.4, -0.2) is 75.4 Å². The Hall–Kier alpha value is -4.26. The van der Waals surface area contributed by atoms with E-state index in [2.05, 4.69) is 20.5 Å². The number of hydrogen-bond acceptors (Lipinski definition) is 9. The predicted molar refractivity (Wildman–Crippen MR) is 133 cm³/mol. The number of hydrogen-bond donors (Lipinski definition) is 3. The van der Waals surface area contributed by atoms with Gasteiger partial charge in [0.05, 0.1) is 11.7 Å². The fourth-order valence-electron chi connectivity index (χ4n) is 5.47. The van der Waals surface area contributed by atoms with E-state index >= 15 is 0 Å². The number of anilines is 1. The second-order valence-electron chi connectivity index (χ2n) is 9.50. The van der Waals surface area contributed by atoms with E-state index in [0.29, 0.717) is 24.3 Å². The van der Waals surface area contributed by atoms with E-state index in [0.717, 1.165) is 27.9 Å². The predicted octanol–water partition coefficient (Wildman–Crippen LogP) is -1.04. The molecule has 4 amide bonds. The Labute approximate surface area is 211 Å². The van der Waals surface area contributed by atoms with Crippen LogP contribution in [0, 0.1) is 5.41 Å². The fourth-order valence-corrected chi connectivity index (χ4v) is 5.47. The Morgan fingerprint density at radius 2 is 1.78 bits per heavy atom. The van der Waals surface area contributed by atoms with Crippen molar-refractivity contribution in [1.82, 2.24) is 24.7 Å². The van der Waals surface area contributed by atoms with Gasteiger partial charge in [0.15, 0.2) is 5.41 Å². The van der Waals surface area contributed by atoms with E-state index in [-0.39, 0.29) is 12.0 Å². The molecule has 194 valence electrons. The minimum absolute atomic E-state index is 0.0578. The van der Waals surface area contributed by atoms with E-state index in [9.17, 15) is 29.1 Å². The molecule has 3 N–H and O–H groups in total. The zero-order valence-corrected chi connectivity index (χ0v) is 20.6. The van der Waals surface area contributed by atoms with Gasteiger partial charge in [0.25, 0.3) is 5.56 Å². The Morgan fingerprint density at radius 1 is 1.08 bits per heavy atom. The molecule has 3 aliphatic heterocycles.